The monoisotopic (exact) mass is 296 g/mol. The Bertz CT molecular complexity index is 319. The number of ether oxygens (including phenoxy) is 1. The predicted molar refractivity (Wildman–Crippen MR) is 85.0 cm³/mol. The molecular weight excluding hydrogens is 264 g/mol. The van der Waals surface area contributed by atoms with E-state index in [4.69, 9.17) is 10.5 Å². The van der Waals surface area contributed by atoms with Crippen molar-refractivity contribution in [1.82, 2.24) is 5.32 Å². The van der Waals surface area contributed by atoms with Crippen LogP contribution in [0.15, 0.2) is 0 Å². The lowest BCUT2D eigenvalue weighted by Gasteiger charge is -2.39. The number of rotatable bonds is 6. The van der Waals surface area contributed by atoms with Gasteiger partial charge in [-0.3, -0.25) is 4.79 Å². The van der Waals surface area contributed by atoms with Crippen LogP contribution >= 0.6 is 0 Å². The molecule has 0 atom stereocenters. The fourth-order valence-electron chi connectivity index (χ4n) is 3.75. The largest absolute Gasteiger partial charge is 0.364 e. The Labute approximate surface area is 129 Å². The van der Waals surface area contributed by atoms with E-state index in [0.29, 0.717) is 12.6 Å². The van der Waals surface area contributed by atoms with Gasteiger partial charge in [0.1, 0.15) is 6.61 Å². The zero-order valence-corrected chi connectivity index (χ0v) is 13.5. The van der Waals surface area contributed by atoms with Crippen LogP contribution in [0, 0.1) is 5.92 Å². The fourth-order valence-corrected chi connectivity index (χ4v) is 3.75. The molecule has 3 N–H and O–H groups in total. The number of nitrogens with one attached hydrogen (secondary N) is 1. The lowest BCUT2D eigenvalue weighted by molar-refractivity contribution is -0.137. The van der Waals surface area contributed by atoms with Crippen LogP contribution in [-0.2, 0) is 9.53 Å². The van der Waals surface area contributed by atoms with Gasteiger partial charge in [0, 0.05) is 12.6 Å². The van der Waals surface area contributed by atoms with Crippen molar-refractivity contribution >= 4 is 5.91 Å². The third-order valence-corrected chi connectivity index (χ3v) is 5.45. The van der Waals surface area contributed by atoms with Gasteiger partial charge in [-0.2, -0.15) is 0 Å². The number of carbonyl (C=O) groups excluding carboxylic acids is 1. The maximum atomic E-state index is 12.1. The molecule has 0 aromatic carbocycles. The minimum atomic E-state index is -0.254. The third-order valence-electron chi connectivity index (χ3n) is 5.45. The van der Waals surface area contributed by atoms with E-state index in [-0.39, 0.29) is 18.1 Å². The van der Waals surface area contributed by atoms with Crippen molar-refractivity contribution < 1.29 is 9.53 Å². The first-order valence-corrected chi connectivity index (χ1v) is 8.81. The summed E-state index contributed by atoms with van der Waals surface area (Å²) in [4.78, 5) is 12.1. The summed E-state index contributed by atoms with van der Waals surface area (Å²) < 4.78 is 5.98. The lowest BCUT2D eigenvalue weighted by atomic mass is 9.77. The molecule has 2 aliphatic rings. The van der Waals surface area contributed by atoms with Crippen molar-refractivity contribution in [3.63, 3.8) is 0 Å². The molecule has 0 aromatic heterocycles. The fraction of sp³-hybridized carbons (Fsp3) is 0.941. The Morgan fingerprint density at radius 1 is 1.19 bits per heavy atom. The summed E-state index contributed by atoms with van der Waals surface area (Å²) in [5.74, 6) is 0.844. The van der Waals surface area contributed by atoms with Crippen LogP contribution in [0.4, 0.5) is 0 Å². The second-order valence-corrected chi connectivity index (χ2v) is 6.93. The summed E-state index contributed by atoms with van der Waals surface area (Å²) in [7, 11) is 0. The van der Waals surface area contributed by atoms with Gasteiger partial charge in [-0.15, -0.1) is 0 Å². The molecule has 4 nitrogen and oxygen atoms in total. The van der Waals surface area contributed by atoms with Crippen LogP contribution in [0.2, 0.25) is 0 Å². The number of amides is 1. The standard InChI is InChI=1S/C17H32N2O2/c1-2-14-8-10-17(13-18,11-9-14)21-12-16(20)19-15-6-4-3-5-7-15/h14-15H,2-13,18H2,1H3,(H,19,20). The van der Waals surface area contributed by atoms with E-state index in [1.807, 2.05) is 0 Å². The molecular formula is C17H32N2O2. The SMILES string of the molecule is CCC1CCC(CN)(OCC(=O)NC2CCCCC2)CC1. The Hall–Kier alpha value is -0.610. The minimum absolute atomic E-state index is 0.0346. The molecule has 0 aromatic rings. The summed E-state index contributed by atoms with van der Waals surface area (Å²) in [6, 6.07) is 0.361. The van der Waals surface area contributed by atoms with Crippen molar-refractivity contribution in [1.29, 1.82) is 0 Å². The van der Waals surface area contributed by atoms with Gasteiger partial charge in [-0.1, -0.05) is 32.6 Å². The van der Waals surface area contributed by atoms with Crippen molar-refractivity contribution in [2.24, 2.45) is 11.7 Å². The molecule has 1 amide bonds. The molecule has 0 heterocycles. The van der Waals surface area contributed by atoms with Crippen LogP contribution < -0.4 is 11.1 Å². The van der Waals surface area contributed by atoms with Crippen LogP contribution in [0.1, 0.15) is 71.1 Å². The van der Waals surface area contributed by atoms with Crippen LogP contribution in [0.25, 0.3) is 0 Å². The molecule has 0 unspecified atom stereocenters. The van der Waals surface area contributed by atoms with Crippen molar-refractivity contribution in [3.05, 3.63) is 0 Å². The number of hydrogen-bond acceptors (Lipinski definition) is 3. The Balaban J connectivity index is 1.73. The molecule has 0 saturated heterocycles. The molecule has 0 aliphatic heterocycles. The van der Waals surface area contributed by atoms with Gasteiger partial charge in [0.15, 0.2) is 0 Å². The van der Waals surface area contributed by atoms with E-state index in [0.717, 1.165) is 31.6 Å². The summed E-state index contributed by atoms with van der Waals surface area (Å²) in [5, 5.41) is 3.11. The van der Waals surface area contributed by atoms with Crippen LogP contribution in [-0.4, -0.2) is 30.7 Å². The van der Waals surface area contributed by atoms with Gasteiger partial charge < -0.3 is 15.8 Å². The van der Waals surface area contributed by atoms with Gasteiger partial charge in [-0.25, -0.2) is 0 Å². The summed E-state index contributed by atoms with van der Waals surface area (Å²) in [5.41, 5.74) is 5.68. The van der Waals surface area contributed by atoms with E-state index in [1.54, 1.807) is 0 Å². The summed E-state index contributed by atoms with van der Waals surface area (Å²) in [6.45, 7) is 2.95. The first-order chi connectivity index (χ1) is 10.2. The Morgan fingerprint density at radius 3 is 2.43 bits per heavy atom. The maximum absolute atomic E-state index is 12.1. The van der Waals surface area contributed by atoms with Crippen LogP contribution in [0.3, 0.4) is 0 Å². The molecule has 2 aliphatic carbocycles. The summed E-state index contributed by atoms with van der Waals surface area (Å²) >= 11 is 0. The zero-order valence-electron chi connectivity index (χ0n) is 13.5. The highest BCUT2D eigenvalue weighted by molar-refractivity contribution is 5.77. The Morgan fingerprint density at radius 2 is 1.86 bits per heavy atom. The normalized spacial score (nSPS) is 31.0. The summed E-state index contributed by atoms with van der Waals surface area (Å²) in [6.07, 6.45) is 11.6. The van der Waals surface area contributed by atoms with E-state index in [1.165, 1.54) is 38.5 Å². The molecule has 0 radical (unpaired) electrons. The van der Waals surface area contributed by atoms with Gasteiger partial charge in [0.25, 0.3) is 0 Å². The lowest BCUT2D eigenvalue weighted by Crippen LogP contribution is -2.47. The van der Waals surface area contributed by atoms with Gasteiger partial charge in [-0.05, 0) is 44.4 Å². The zero-order chi connectivity index (χ0) is 15.1. The van der Waals surface area contributed by atoms with Crippen molar-refractivity contribution in [2.45, 2.75) is 82.8 Å². The molecule has 2 fully saturated rings. The first-order valence-electron chi connectivity index (χ1n) is 8.81. The minimum Gasteiger partial charge on any atom is -0.364 e. The average Bonchev–Trinajstić information content (AvgIpc) is 2.54. The number of nitrogens with two attached hydrogens (primary N) is 1. The molecule has 0 bridgehead atoms. The van der Waals surface area contributed by atoms with Crippen LogP contribution in [0.5, 0.6) is 0 Å². The van der Waals surface area contributed by atoms with E-state index >= 15 is 0 Å². The van der Waals surface area contributed by atoms with E-state index < -0.39 is 0 Å². The first kappa shape index (κ1) is 16.8. The van der Waals surface area contributed by atoms with Crippen molar-refractivity contribution in [2.75, 3.05) is 13.2 Å². The highest BCUT2D eigenvalue weighted by atomic mass is 16.5. The van der Waals surface area contributed by atoms with Crippen molar-refractivity contribution in [3.8, 4) is 0 Å². The molecule has 0 spiro atoms. The molecule has 2 saturated carbocycles. The second kappa shape index (κ2) is 8.14. The Kier molecular flexibility index (Phi) is 6.49. The topological polar surface area (TPSA) is 64.3 Å². The van der Waals surface area contributed by atoms with Gasteiger partial charge >= 0.3 is 0 Å². The molecule has 122 valence electrons. The van der Waals surface area contributed by atoms with E-state index in [9.17, 15) is 4.79 Å². The van der Waals surface area contributed by atoms with E-state index in [2.05, 4.69) is 12.2 Å². The quantitative estimate of drug-likeness (QED) is 0.792. The van der Waals surface area contributed by atoms with Gasteiger partial charge in [0.05, 0.1) is 5.60 Å². The highest BCUT2D eigenvalue weighted by Crippen LogP contribution is 2.35. The third kappa shape index (κ3) is 4.96. The highest BCUT2D eigenvalue weighted by Gasteiger charge is 2.35. The number of carbonyl (C=O) groups is 1. The number of hydrogen-bond donors (Lipinski definition) is 2. The molecule has 2 rings (SSSR count). The average molecular weight is 296 g/mol. The van der Waals surface area contributed by atoms with Gasteiger partial charge in [0.2, 0.25) is 5.91 Å². The molecule has 21 heavy (non-hydrogen) atoms. The smallest absolute Gasteiger partial charge is 0.246 e. The maximum Gasteiger partial charge on any atom is 0.246 e. The predicted octanol–water partition coefficient (Wildman–Crippen LogP) is 2.75. The second-order valence-electron chi connectivity index (χ2n) is 6.93. The molecule has 4 heteroatoms.